The number of amides is 1. The van der Waals surface area contributed by atoms with E-state index < -0.39 is 5.41 Å². The number of aromatic nitrogens is 2. The van der Waals surface area contributed by atoms with Crippen molar-refractivity contribution in [3.05, 3.63) is 70.9 Å². The molecule has 7 heteroatoms. The molecule has 1 amide bonds. The van der Waals surface area contributed by atoms with Gasteiger partial charge in [-0.25, -0.2) is 0 Å². The minimum absolute atomic E-state index is 0.0541. The minimum Gasteiger partial charge on any atom is -0.493 e. The van der Waals surface area contributed by atoms with E-state index in [1.807, 2.05) is 30.3 Å². The van der Waals surface area contributed by atoms with Crippen molar-refractivity contribution in [2.24, 2.45) is 5.92 Å². The third-order valence-corrected chi connectivity index (χ3v) is 7.06. The molecule has 2 aliphatic rings. The fraction of sp³-hybridized carbons (Fsp3) is 0.333. The Labute approximate surface area is 199 Å². The maximum absolute atomic E-state index is 12.5. The third-order valence-electron chi connectivity index (χ3n) is 7.06. The van der Waals surface area contributed by atoms with Crippen LogP contribution in [0.5, 0.6) is 17.2 Å². The lowest BCUT2D eigenvalue weighted by Gasteiger charge is -2.35. The largest absolute Gasteiger partial charge is 0.493 e. The maximum atomic E-state index is 12.5. The van der Waals surface area contributed by atoms with Gasteiger partial charge in [0.25, 0.3) is 0 Å². The molecule has 0 aliphatic heterocycles. The van der Waals surface area contributed by atoms with Gasteiger partial charge in [0.2, 0.25) is 11.7 Å². The molecular weight excluding hydrogens is 430 g/mol. The highest BCUT2D eigenvalue weighted by atomic mass is 16.5. The quantitative estimate of drug-likeness (QED) is 0.534. The molecule has 1 aromatic heterocycles. The fourth-order valence-corrected chi connectivity index (χ4v) is 4.89. The van der Waals surface area contributed by atoms with E-state index in [1.165, 1.54) is 0 Å². The number of H-pyrrole nitrogens is 1. The average molecular weight is 460 g/mol. The van der Waals surface area contributed by atoms with E-state index in [4.69, 9.17) is 14.2 Å². The Morgan fingerprint density at radius 3 is 2.32 bits per heavy atom. The Bertz CT molecular complexity index is 1200. The molecule has 7 nitrogen and oxygen atoms in total. The number of anilines is 1. The van der Waals surface area contributed by atoms with Crippen LogP contribution in [0.15, 0.2) is 48.5 Å². The van der Waals surface area contributed by atoms with Crippen LogP contribution in [0.1, 0.15) is 41.6 Å². The summed E-state index contributed by atoms with van der Waals surface area (Å²) >= 11 is 0. The Morgan fingerprint density at radius 1 is 1.03 bits per heavy atom. The monoisotopic (exact) mass is 459 g/mol. The average Bonchev–Trinajstić information content (AvgIpc) is 3.23. The molecule has 0 saturated heterocycles. The lowest BCUT2D eigenvalue weighted by atomic mass is 9.68. The number of hydrogen-bond acceptors (Lipinski definition) is 5. The van der Waals surface area contributed by atoms with Gasteiger partial charge in [-0.3, -0.25) is 9.89 Å². The molecule has 176 valence electrons. The molecule has 34 heavy (non-hydrogen) atoms. The second-order valence-corrected chi connectivity index (χ2v) is 8.84. The number of ether oxygens (including phenoxy) is 3. The molecule has 3 aromatic rings. The van der Waals surface area contributed by atoms with Gasteiger partial charge < -0.3 is 19.5 Å². The van der Waals surface area contributed by atoms with E-state index in [2.05, 4.69) is 39.8 Å². The van der Waals surface area contributed by atoms with Gasteiger partial charge in [0, 0.05) is 29.0 Å². The summed E-state index contributed by atoms with van der Waals surface area (Å²) in [5.41, 5.74) is 3.52. The van der Waals surface area contributed by atoms with Gasteiger partial charge in [-0.05, 0) is 36.1 Å². The number of rotatable bonds is 7. The summed E-state index contributed by atoms with van der Waals surface area (Å²) in [6.07, 6.45) is 7.88. The summed E-state index contributed by atoms with van der Waals surface area (Å²) in [4.78, 5) is 12.5. The molecule has 5 rings (SSSR count). The zero-order valence-corrected chi connectivity index (χ0v) is 19.7. The van der Waals surface area contributed by atoms with Crippen molar-refractivity contribution in [2.45, 2.75) is 31.1 Å². The SMILES string of the molecule is COc1cc(C2(c3ccccc3)C=Cc3c(NC(=O)C4CCC4)n[nH]c3C2)cc(OC)c1OC. The van der Waals surface area contributed by atoms with Gasteiger partial charge in [0.05, 0.1) is 21.3 Å². The Kier molecular flexibility index (Phi) is 5.77. The van der Waals surface area contributed by atoms with E-state index in [0.717, 1.165) is 41.6 Å². The van der Waals surface area contributed by atoms with Crippen LogP contribution >= 0.6 is 0 Å². The number of methoxy groups -OCH3 is 3. The zero-order valence-electron chi connectivity index (χ0n) is 19.7. The van der Waals surface area contributed by atoms with Crippen LogP contribution in [0.25, 0.3) is 6.08 Å². The first kappa shape index (κ1) is 22.1. The molecule has 0 spiro atoms. The molecular formula is C27H29N3O4. The lowest BCUT2D eigenvalue weighted by molar-refractivity contribution is -0.122. The zero-order chi connectivity index (χ0) is 23.7. The summed E-state index contributed by atoms with van der Waals surface area (Å²) in [6.45, 7) is 0. The first-order valence-electron chi connectivity index (χ1n) is 11.5. The molecule has 1 heterocycles. The van der Waals surface area contributed by atoms with Crippen molar-refractivity contribution < 1.29 is 19.0 Å². The van der Waals surface area contributed by atoms with Crippen LogP contribution in [0, 0.1) is 5.92 Å². The molecule has 0 bridgehead atoms. The highest BCUT2D eigenvalue weighted by molar-refractivity contribution is 5.94. The number of aromatic amines is 1. The highest BCUT2D eigenvalue weighted by Gasteiger charge is 2.38. The van der Waals surface area contributed by atoms with E-state index in [9.17, 15) is 4.79 Å². The number of nitrogens with zero attached hydrogens (tertiary/aromatic N) is 1. The Balaban J connectivity index is 1.59. The molecule has 0 radical (unpaired) electrons. The summed E-state index contributed by atoms with van der Waals surface area (Å²) in [5, 5.41) is 10.6. The molecule has 1 fully saturated rings. The Morgan fingerprint density at radius 2 is 1.74 bits per heavy atom. The van der Waals surface area contributed by atoms with Crippen LogP contribution in [0.4, 0.5) is 5.82 Å². The van der Waals surface area contributed by atoms with Crippen LogP contribution in [-0.2, 0) is 16.6 Å². The topological polar surface area (TPSA) is 85.5 Å². The molecule has 1 atom stereocenters. The van der Waals surface area contributed by atoms with Crippen LogP contribution < -0.4 is 19.5 Å². The van der Waals surface area contributed by atoms with Crippen LogP contribution in [0.2, 0.25) is 0 Å². The normalized spacial score (nSPS) is 19.1. The smallest absolute Gasteiger partial charge is 0.228 e. The Hall–Kier alpha value is -3.74. The predicted molar refractivity (Wildman–Crippen MR) is 131 cm³/mol. The molecule has 2 aromatic carbocycles. The van der Waals surface area contributed by atoms with Gasteiger partial charge >= 0.3 is 0 Å². The van der Waals surface area contributed by atoms with Gasteiger partial charge in [0.1, 0.15) is 0 Å². The first-order valence-corrected chi connectivity index (χ1v) is 11.5. The number of carbonyl (C=O) groups is 1. The van der Waals surface area contributed by atoms with E-state index >= 15 is 0 Å². The number of benzene rings is 2. The fourth-order valence-electron chi connectivity index (χ4n) is 4.89. The number of fused-ring (bicyclic) bond motifs is 1. The van der Waals surface area contributed by atoms with E-state index in [0.29, 0.717) is 29.5 Å². The van der Waals surface area contributed by atoms with Crippen molar-refractivity contribution in [3.8, 4) is 17.2 Å². The second kappa shape index (κ2) is 8.89. The predicted octanol–water partition coefficient (Wildman–Crippen LogP) is 4.73. The molecule has 2 N–H and O–H groups in total. The minimum atomic E-state index is -0.497. The summed E-state index contributed by atoms with van der Waals surface area (Å²) < 4.78 is 16.8. The van der Waals surface area contributed by atoms with Gasteiger partial charge in [-0.15, -0.1) is 0 Å². The van der Waals surface area contributed by atoms with Gasteiger partial charge in [0.15, 0.2) is 17.3 Å². The molecule has 1 unspecified atom stereocenters. The number of hydrogen-bond donors (Lipinski definition) is 2. The van der Waals surface area contributed by atoms with Crippen molar-refractivity contribution in [1.82, 2.24) is 10.2 Å². The number of allylic oxidation sites excluding steroid dienone is 1. The third kappa shape index (κ3) is 3.61. The van der Waals surface area contributed by atoms with Crippen molar-refractivity contribution in [1.29, 1.82) is 0 Å². The van der Waals surface area contributed by atoms with Crippen molar-refractivity contribution >= 4 is 17.8 Å². The van der Waals surface area contributed by atoms with Crippen LogP contribution in [-0.4, -0.2) is 37.4 Å². The summed E-state index contributed by atoms with van der Waals surface area (Å²) in [6, 6.07) is 14.3. The van der Waals surface area contributed by atoms with E-state index in [-0.39, 0.29) is 11.8 Å². The molecule has 2 aliphatic carbocycles. The number of nitrogens with one attached hydrogen (secondary N) is 2. The summed E-state index contributed by atoms with van der Waals surface area (Å²) in [5.74, 6) is 2.50. The first-order chi connectivity index (χ1) is 16.6. The summed E-state index contributed by atoms with van der Waals surface area (Å²) in [7, 11) is 4.85. The van der Waals surface area contributed by atoms with Crippen LogP contribution in [0.3, 0.4) is 0 Å². The van der Waals surface area contributed by atoms with Crippen molar-refractivity contribution in [2.75, 3.05) is 26.6 Å². The van der Waals surface area contributed by atoms with E-state index in [1.54, 1.807) is 21.3 Å². The van der Waals surface area contributed by atoms with Crippen molar-refractivity contribution in [3.63, 3.8) is 0 Å². The van der Waals surface area contributed by atoms with Gasteiger partial charge in [-0.1, -0.05) is 48.9 Å². The second-order valence-electron chi connectivity index (χ2n) is 8.84. The van der Waals surface area contributed by atoms with Gasteiger partial charge in [-0.2, -0.15) is 5.10 Å². The maximum Gasteiger partial charge on any atom is 0.228 e. The molecule has 1 saturated carbocycles. The number of carbonyl (C=O) groups excluding carboxylic acids is 1. The lowest BCUT2D eigenvalue weighted by Crippen LogP contribution is -2.31. The standard InChI is InChI=1S/C27H29N3O4/c1-32-22-14-19(15-23(33-2)24(22)34-3)27(18-10-5-4-6-11-18)13-12-20-21(16-27)29-30-25(20)28-26(31)17-8-7-9-17/h4-6,10-15,17H,7-9,16H2,1-3H3,(H2,28,29,30,31). The highest BCUT2D eigenvalue weighted by Crippen LogP contribution is 2.47.